The Hall–Kier alpha value is -3.34. The van der Waals surface area contributed by atoms with E-state index in [9.17, 15) is 4.39 Å². The van der Waals surface area contributed by atoms with Crippen molar-refractivity contribution < 1.29 is 18.3 Å². The third kappa shape index (κ3) is 4.40. The fraction of sp³-hybridized carbons (Fsp3) is 0.469. The van der Waals surface area contributed by atoms with Crippen molar-refractivity contribution in [3.05, 3.63) is 47.2 Å². The summed E-state index contributed by atoms with van der Waals surface area (Å²) in [5, 5.41) is 6.11. The van der Waals surface area contributed by atoms with Gasteiger partial charge in [-0.3, -0.25) is 4.90 Å². The Kier molecular flexibility index (Phi) is 6.58. The van der Waals surface area contributed by atoms with Crippen LogP contribution < -0.4 is 19.7 Å². The molecular weight excluding hydrogens is 574 g/mol. The minimum atomic E-state index is -0.878. The van der Waals surface area contributed by atoms with Crippen molar-refractivity contribution in [1.82, 2.24) is 25.2 Å². The number of nitrogens with one attached hydrogen (secondary N) is 1. The summed E-state index contributed by atoms with van der Waals surface area (Å²) in [5.41, 5.74) is 0.372. The summed E-state index contributed by atoms with van der Waals surface area (Å²) in [5.74, 6) is 0.257. The molecule has 3 fully saturated rings. The van der Waals surface area contributed by atoms with Crippen LogP contribution in [0, 0.1) is 5.82 Å². The van der Waals surface area contributed by atoms with Crippen LogP contribution in [0.15, 0.2) is 36.4 Å². The maximum atomic E-state index is 16.8. The summed E-state index contributed by atoms with van der Waals surface area (Å²) in [6.45, 7) is 5.40. The second kappa shape index (κ2) is 10.4. The maximum absolute atomic E-state index is 16.8. The van der Waals surface area contributed by atoms with Gasteiger partial charge >= 0.3 is 6.01 Å². The molecule has 0 bridgehead atoms. The zero-order valence-electron chi connectivity index (χ0n) is 24.0. The standard InChI is InChI=1S/C32H33ClF2N6O2/c1-2-20-15-41-21(13-36-20)16-42-30-25-28(26(35)27(37-30)22-8-3-6-18-7-4-9-23(33)24(18)22)38-31(39-29(25)41)43-17-32-10-5-11-40(32)14-19(34)12-32/h3-4,6-9,19-21,36H,2,5,10-17H2,1H3/t19-,20-,21+,32+/m1/s1. The summed E-state index contributed by atoms with van der Waals surface area (Å²) in [6.07, 6.45) is 2.34. The fourth-order valence-electron chi connectivity index (χ4n) is 7.52. The molecule has 2 aromatic heterocycles. The van der Waals surface area contributed by atoms with Crippen molar-refractivity contribution >= 4 is 39.1 Å². The topological polar surface area (TPSA) is 75.6 Å². The summed E-state index contributed by atoms with van der Waals surface area (Å²) in [7, 11) is 0. The highest BCUT2D eigenvalue weighted by molar-refractivity contribution is 6.36. The summed E-state index contributed by atoms with van der Waals surface area (Å²) in [6, 6.07) is 11.5. The molecule has 4 aromatic rings. The molecule has 11 heteroatoms. The zero-order chi connectivity index (χ0) is 29.3. The maximum Gasteiger partial charge on any atom is 0.319 e. The Bertz CT molecular complexity index is 1740. The molecule has 0 amide bonds. The Morgan fingerprint density at radius 1 is 1.14 bits per heavy atom. The molecular formula is C32H33ClF2N6O2. The smallest absolute Gasteiger partial charge is 0.319 e. The number of anilines is 1. The van der Waals surface area contributed by atoms with Gasteiger partial charge in [0, 0.05) is 48.1 Å². The van der Waals surface area contributed by atoms with Crippen molar-refractivity contribution in [2.24, 2.45) is 0 Å². The Morgan fingerprint density at radius 3 is 2.86 bits per heavy atom. The number of halogens is 3. The van der Waals surface area contributed by atoms with E-state index in [-0.39, 0.29) is 47.3 Å². The van der Waals surface area contributed by atoms with E-state index in [0.717, 1.165) is 31.2 Å². The first-order chi connectivity index (χ1) is 20.9. The lowest BCUT2D eigenvalue weighted by Gasteiger charge is -2.39. The van der Waals surface area contributed by atoms with Gasteiger partial charge in [0.2, 0.25) is 5.88 Å². The van der Waals surface area contributed by atoms with E-state index in [1.165, 1.54) is 0 Å². The predicted octanol–water partition coefficient (Wildman–Crippen LogP) is 5.54. The highest BCUT2D eigenvalue weighted by Crippen LogP contribution is 2.44. The van der Waals surface area contributed by atoms with E-state index < -0.39 is 12.0 Å². The molecule has 2 aromatic carbocycles. The van der Waals surface area contributed by atoms with Crippen LogP contribution in [-0.2, 0) is 0 Å². The van der Waals surface area contributed by atoms with Gasteiger partial charge < -0.3 is 19.7 Å². The number of hydrogen-bond donors (Lipinski definition) is 1. The largest absolute Gasteiger partial charge is 0.475 e. The van der Waals surface area contributed by atoms with Crippen molar-refractivity contribution in [3.63, 3.8) is 0 Å². The molecule has 0 aliphatic carbocycles. The average Bonchev–Trinajstić information content (AvgIpc) is 3.49. The number of aromatic nitrogens is 3. The van der Waals surface area contributed by atoms with Gasteiger partial charge in [-0.05, 0) is 37.3 Å². The molecule has 1 N–H and O–H groups in total. The van der Waals surface area contributed by atoms with Crippen LogP contribution in [0.1, 0.15) is 32.6 Å². The molecule has 4 atom stereocenters. The monoisotopic (exact) mass is 606 g/mol. The van der Waals surface area contributed by atoms with Gasteiger partial charge in [0.05, 0.1) is 11.6 Å². The van der Waals surface area contributed by atoms with Crippen LogP contribution in [-0.4, -0.2) is 83.0 Å². The van der Waals surface area contributed by atoms with Gasteiger partial charge in [-0.15, -0.1) is 0 Å². The summed E-state index contributed by atoms with van der Waals surface area (Å²) < 4.78 is 43.9. The van der Waals surface area contributed by atoms with E-state index >= 15 is 4.39 Å². The second-order valence-electron chi connectivity index (χ2n) is 12.3. The minimum Gasteiger partial charge on any atom is -0.475 e. The lowest BCUT2D eigenvalue weighted by Crippen LogP contribution is -2.58. The van der Waals surface area contributed by atoms with Gasteiger partial charge in [0.1, 0.15) is 41.8 Å². The zero-order valence-corrected chi connectivity index (χ0v) is 24.7. The molecule has 4 aliphatic heterocycles. The van der Waals surface area contributed by atoms with Crippen molar-refractivity contribution in [1.29, 1.82) is 0 Å². The van der Waals surface area contributed by atoms with Crippen LogP contribution in [0.3, 0.4) is 0 Å². The molecule has 224 valence electrons. The van der Waals surface area contributed by atoms with E-state index in [1.54, 1.807) is 6.07 Å². The minimum absolute atomic E-state index is 0.0347. The van der Waals surface area contributed by atoms with E-state index in [2.05, 4.69) is 27.0 Å². The summed E-state index contributed by atoms with van der Waals surface area (Å²) in [4.78, 5) is 18.7. The highest BCUT2D eigenvalue weighted by Gasteiger charge is 2.49. The van der Waals surface area contributed by atoms with Crippen LogP contribution in [0.4, 0.5) is 14.6 Å². The average molecular weight is 607 g/mol. The number of pyridine rings is 1. The van der Waals surface area contributed by atoms with Gasteiger partial charge in [0.15, 0.2) is 5.82 Å². The SMILES string of the molecule is CC[C@@H]1CN2c3nc(OC[C@@]45CCCN4C[C@H](F)C5)nc4c(F)c(-c5cccc6cccc(Cl)c56)nc(c34)OC[C@@H]2CN1. The number of alkyl halides is 1. The first-order valence-corrected chi connectivity index (χ1v) is 15.6. The second-order valence-corrected chi connectivity index (χ2v) is 12.7. The van der Waals surface area contributed by atoms with Crippen molar-refractivity contribution in [2.45, 2.75) is 56.4 Å². The molecule has 43 heavy (non-hydrogen) atoms. The van der Waals surface area contributed by atoms with Gasteiger partial charge in [-0.25, -0.2) is 13.8 Å². The molecule has 3 saturated heterocycles. The Morgan fingerprint density at radius 2 is 2.00 bits per heavy atom. The van der Waals surface area contributed by atoms with Crippen LogP contribution >= 0.6 is 11.6 Å². The fourth-order valence-corrected chi connectivity index (χ4v) is 7.80. The third-order valence-corrected chi connectivity index (χ3v) is 10.0. The number of piperazine rings is 1. The van der Waals surface area contributed by atoms with Gasteiger partial charge in [-0.1, -0.05) is 48.9 Å². The normalized spacial score (nSPS) is 26.8. The molecule has 0 radical (unpaired) electrons. The molecule has 0 spiro atoms. The first-order valence-electron chi connectivity index (χ1n) is 15.2. The first kappa shape index (κ1) is 27.2. The number of benzene rings is 2. The lowest BCUT2D eigenvalue weighted by molar-refractivity contribution is 0.107. The van der Waals surface area contributed by atoms with E-state index in [0.29, 0.717) is 59.8 Å². The Balaban J connectivity index is 1.30. The van der Waals surface area contributed by atoms with Gasteiger partial charge in [0.25, 0.3) is 0 Å². The number of rotatable bonds is 5. The van der Waals surface area contributed by atoms with E-state index in [4.69, 9.17) is 31.0 Å². The number of ether oxygens (including phenoxy) is 2. The van der Waals surface area contributed by atoms with E-state index in [1.807, 2.05) is 30.3 Å². The molecule has 6 heterocycles. The summed E-state index contributed by atoms with van der Waals surface area (Å²) >= 11 is 6.64. The number of nitrogens with zero attached hydrogens (tertiary/aromatic N) is 5. The van der Waals surface area contributed by atoms with Crippen molar-refractivity contribution in [3.8, 4) is 23.1 Å². The van der Waals surface area contributed by atoms with Crippen molar-refractivity contribution in [2.75, 3.05) is 44.3 Å². The Labute approximate surface area is 253 Å². The lowest BCUT2D eigenvalue weighted by atomic mass is 9.95. The molecule has 4 aliphatic rings. The molecule has 8 rings (SSSR count). The van der Waals surface area contributed by atoms with Crippen LogP contribution in [0.5, 0.6) is 11.9 Å². The highest BCUT2D eigenvalue weighted by atomic mass is 35.5. The predicted molar refractivity (Wildman–Crippen MR) is 162 cm³/mol. The third-order valence-electron chi connectivity index (χ3n) is 9.73. The number of hydrogen-bond acceptors (Lipinski definition) is 8. The van der Waals surface area contributed by atoms with Gasteiger partial charge in [-0.2, -0.15) is 9.97 Å². The molecule has 0 saturated carbocycles. The number of fused-ring (bicyclic) bond motifs is 4. The molecule has 8 nitrogen and oxygen atoms in total. The molecule has 0 unspecified atom stereocenters. The van der Waals surface area contributed by atoms with Crippen LogP contribution in [0.25, 0.3) is 32.9 Å². The van der Waals surface area contributed by atoms with Crippen LogP contribution in [0.2, 0.25) is 5.02 Å². The quantitative estimate of drug-likeness (QED) is 0.317.